The second-order valence-electron chi connectivity index (χ2n) is 10.2. The first-order valence-corrected chi connectivity index (χ1v) is 13.4. The van der Waals surface area contributed by atoms with Gasteiger partial charge in [0.15, 0.2) is 0 Å². The van der Waals surface area contributed by atoms with E-state index in [1.807, 2.05) is 36.4 Å². The molecule has 0 aliphatic heterocycles. The molecule has 5 rings (SSSR count). The number of fused-ring (bicyclic) bond motifs is 1. The number of benzene rings is 4. The first-order valence-electron chi connectivity index (χ1n) is 13.4. The Hall–Kier alpha value is -4.18. The molecule has 4 nitrogen and oxygen atoms in total. The van der Waals surface area contributed by atoms with Gasteiger partial charge >= 0.3 is 0 Å². The van der Waals surface area contributed by atoms with E-state index in [1.54, 1.807) is 0 Å². The van der Waals surface area contributed by atoms with Gasteiger partial charge in [0, 0.05) is 19.5 Å². The van der Waals surface area contributed by atoms with Crippen molar-refractivity contribution in [2.24, 2.45) is 0 Å². The van der Waals surface area contributed by atoms with Crippen molar-refractivity contribution < 1.29 is 4.79 Å². The standard InChI is InChI=1S/C34H35N3O/c1-24-20-25(2)30(26(3)21-24)23-37-32-13-8-7-12-31(32)36-33(37)14-9-19-35-34(38)22-27-15-17-29(18-16-27)28-10-5-4-6-11-28/h4-8,10-13,15-18,20-21H,9,14,19,22-23H2,1-3H3,(H,35,38). The summed E-state index contributed by atoms with van der Waals surface area (Å²) < 4.78 is 2.34. The molecular weight excluding hydrogens is 466 g/mol. The maximum atomic E-state index is 12.6. The van der Waals surface area contributed by atoms with Gasteiger partial charge < -0.3 is 9.88 Å². The minimum absolute atomic E-state index is 0.0527. The number of carbonyl (C=O) groups excluding carboxylic acids is 1. The summed E-state index contributed by atoms with van der Waals surface area (Å²) in [6, 6.07) is 31.4. The van der Waals surface area contributed by atoms with E-state index in [-0.39, 0.29) is 5.91 Å². The van der Waals surface area contributed by atoms with Gasteiger partial charge in [0.25, 0.3) is 0 Å². The number of carbonyl (C=O) groups is 1. The van der Waals surface area contributed by atoms with Crippen molar-refractivity contribution in [2.45, 2.75) is 46.6 Å². The second kappa shape index (κ2) is 11.5. The van der Waals surface area contributed by atoms with Crippen LogP contribution in [-0.4, -0.2) is 22.0 Å². The first kappa shape index (κ1) is 25.5. The normalized spacial score (nSPS) is 11.1. The van der Waals surface area contributed by atoms with Gasteiger partial charge in [-0.3, -0.25) is 4.79 Å². The van der Waals surface area contributed by atoms with Crippen molar-refractivity contribution in [1.29, 1.82) is 0 Å². The number of imidazole rings is 1. The Bertz CT molecular complexity index is 1530. The van der Waals surface area contributed by atoms with Crippen LogP contribution in [0.2, 0.25) is 0 Å². The van der Waals surface area contributed by atoms with E-state index in [9.17, 15) is 4.79 Å². The molecule has 0 saturated heterocycles. The summed E-state index contributed by atoms with van der Waals surface area (Å²) in [5.41, 5.74) is 10.8. The Labute approximate surface area is 225 Å². The molecule has 1 heterocycles. The summed E-state index contributed by atoms with van der Waals surface area (Å²) in [6.07, 6.45) is 2.04. The molecule has 0 aliphatic carbocycles. The highest BCUT2D eigenvalue weighted by molar-refractivity contribution is 5.79. The highest BCUT2D eigenvalue weighted by Crippen LogP contribution is 2.23. The maximum Gasteiger partial charge on any atom is 0.224 e. The van der Waals surface area contributed by atoms with Crippen molar-refractivity contribution in [2.75, 3.05) is 6.54 Å². The van der Waals surface area contributed by atoms with Crippen LogP contribution >= 0.6 is 0 Å². The molecule has 0 unspecified atom stereocenters. The SMILES string of the molecule is Cc1cc(C)c(Cn2c(CCCNC(=O)Cc3ccc(-c4ccccc4)cc3)nc3ccccc32)c(C)c1. The number of nitrogens with one attached hydrogen (secondary N) is 1. The average molecular weight is 502 g/mol. The van der Waals surface area contributed by atoms with Crippen LogP contribution in [0.4, 0.5) is 0 Å². The molecule has 1 aromatic heterocycles. The van der Waals surface area contributed by atoms with Crippen LogP contribution in [0.1, 0.15) is 40.1 Å². The Kier molecular flexibility index (Phi) is 7.69. The molecule has 0 saturated carbocycles. The van der Waals surface area contributed by atoms with E-state index in [4.69, 9.17) is 4.98 Å². The molecule has 0 radical (unpaired) electrons. The van der Waals surface area contributed by atoms with E-state index in [1.165, 1.54) is 27.8 Å². The minimum atomic E-state index is 0.0527. The first-order chi connectivity index (χ1) is 18.5. The molecule has 4 aromatic carbocycles. The van der Waals surface area contributed by atoms with Crippen LogP contribution in [-0.2, 0) is 24.2 Å². The summed E-state index contributed by atoms with van der Waals surface area (Å²) in [5, 5.41) is 3.10. The Morgan fingerprint density at radius 3 is 2.21 bits per heavy atom. The van der Waals surface area contributed by atoms with Crippen molar-refractivity contribution in [3.63, 3.8) is 0 Å². The predicted molar refractivity (Wildman–Crippen MR) is 156 cm³/mol. The predicted octanol–water partition coefficient (Wildman–Crippen LogP) is 6.97. The maximum absolute atomic E-state index is 12.6. The fraction of sp³-hybridized carbons (Fsp3) is 0.235. The van der Waals surface area contributed by atoms with Gasteiger partial charge in [0.1, 0.15) is 5.82 Å². The topological polar surface area (TPSA) is 46.9 Å². The van der Waals surface area contributed by atoms with Crippen molar-refractivity contribution >= 4 is 16.9 Å². The molecule has 1 amide bonds. The summed E-state index contributed by atoms with van der Waals surface area (Å²) in [6.45, 7) is 7.97. The molecule has 0 atom stereocenters. The summed E-state index contributed by atoms with van der Waals surface area (Å²) in [4.78, 5) is 17.6. The van der Waals surface area contributed by atoms with Crippen LogP contribution < -0.4 is 5.32 Å². The lowest BCUT2D eigenvalue weighted by molar-refractivity contribution is -0.120. The van der Waals surface area contributed by atoms with E-state index >= 15 is 0 Å². The third-order valence-electron chi connectivity index (χ3n) is 7.22. The zero-order valence-electron chi connectivity index (χ0n) is 22.5. The zero-order chi connectivity index (χ0) is 26.5. The van der Waals surface area contributed by atoms with Crippen LogP contribution in [0.3, 0.4) is 0 Å². The van der Waals surface area contributed by atoms with Crippen molar-refractivity contribution in [1.82, 2.24) is 14.9 Å². The molecule has 4 heteroatoms. The number of amides is 1. The zero-order valence-corrected chi connectivity index (χ0v) is 22.5. The number of para-hydroxylation sites is 2. The van der Waals surface area contributed by atoms with Gasteiger partial charge in [-0.1, -0.05) is 84.4 Å². The molecule has 38 heavy (non-hydrogen) atoms. The second-order valence-corrected chi connectivity index (χ2v) is 10.2. The highest BCUT2D eigenvalue weighted by Gasteiger charge is 2.14. The number of rotatable bonds is 9. The fourth-order valence-corrected chi connectivity index (χ4v) is 5.28. The fourth-order valence-electron chi connectivity index (χ4n) is 5.28. The monoisotopic (exact) mass is 501 g/mol. The number of aryl methyl sites for hydroxylation is 4. The van der Waals surface area contributed by atoms with Gasteiger partial charge in [-0.25, -0.2) is 4.98 Å². The number of hydrogen-bond donors (Lipinski definition) is 1. The van der Waals surface area contributed by atoms with Gasteiger partial charge in [0.05, 0.1) is 17.5 Å². The average Bonchev–Trinajstić information content (AvgIpc) is 3.26. The van der Waals surface area contributed by atoms with Crippen molar-refractivity contribution in [3.8, 4) is 11.1 Å². The lowest BCUT2D eigenvalue weighted by atomic mass is 9.99. The molecule has 5 aromatic rings. The lowest BCUT2D eigenvalue weighted by Gasteiger charge is -2.15. The Morgan fingerprint density at radius 2 is 1.47 bits per heavy atom. The van der Waals surface area contributed by atoms with Crippen LogP contribution in [0, 0.1) is 20.8 Å². The summed E-state index contributed by atoms with van der Waals surface area (Å²) >= 11 is 0. The van der Waals surface area contributed by atoms with Gasteiger partial charge in [-0.15, -0.1) is 0 Å². The molecule has 1 N–H and O–H groups in total. The van der Waals surface area contributed by atoms with E-state index in [0.29, 0.717) is 13.0 Å². The van der Waals surface area contributed by atoms with Gasteiger partial charge in [0.2, 0.25) is 5.91 Å². The Morgan fingerprint density at radius 1 is 0.816 bits per heavy atom. The van der Waals surface area contributed by atoms with E-state index in [2.05, 4.69) is 85.3 Å². The number of nitrogens with zero attached hydrogens (tertiary/aromatic N) is 2. The quantitative estimate of drug-likeness (QED) is 0.222. The lowest BCUT2D eigenvalue weighted by Crippen LogP contribution is -2.26. The molecule has 0 bridgehead atoms. The number of hydrogen-bond acceptors (Lipinski definition) is 2. The summed E-state index contributed by atoms with van der Waals surface area (Å²) in [7, 11) is 0. The van der Waals surface area contributed by atoms with Gasteiger partial charge in [-0.05, 0) is 72.7 Å². The minimum Gasteiger partial charge on any atom is -0.356 e. The third kappa shape index (κ3) is 5.86. The molecular formula is C34H35N3O. The number of aromatic nitrogens is 2. The van der Waals surface area contributed by atoms with E-state index in [0.717, 1.165) is 47.4 Å². The largest absolute Gasteiger partial charge is 0.356 e. The summed E-state index contributed by atoms with van der Waals surface area (Å²) in [5.74, 6) is 1.12. The van der Waals surface area contributed by atoms with E-state index < -0.39 is 0 Å². The third-order valence-corrected chi connectivity index (χ3v) is 7.22. The highest BCUT2D eigenvalue weighted by atomic mass is 16.1. The van der Waals surface area contributed by atoms with Crippen LogP contribution in [0.5, 0.6) is 0 Å². The molecule has 0 aliphatic rings. The molecule has 0 fully saturated rings. The van der Waals surface area contributed by atoms with Crippen LogP contribution in [0.25, 0.3) is 22.2 Å². The van der Waals surface area contributed by atoms with Crippen LogP contribution in [0.15, 0.2) is 91.0 Å². The van der Waals surface area contributed by atoms with Gasteiger partial charge in [-0.2, -0.15) is 0 Å². The molecule has 0 spiro atoms. The smallest absolute Gasteiger partial charge is 0.224 e. The Balaban J connectivity index is 1.20. The van der Waals surface area contributed by atoms with Crippen molar-refractivity contribution in [3.05, 3.63) is 125 Å². The molecule has 192 valence electrons.